The van der Waals surface area contributed by atoms with Crippen molar-refractivity contribution in [3.05, 3.63) is 62.5 Å². The van der Waals surface area contributed by atoms with E-state index in [4.69, 9.17) is 15.2 Å². The van der Waals surface area contributed by atoms with Crippen LogP contribution in [0.1, 0.15) is 32.3 Å². The van der Waals surface area contributed by atoms with E-state index < -0.39 is 22.8 Å². The number of nitro groups is 1. The van der Waals surface area contributed by atoms with E-state index in [9.17, 15) is 19.7 Å². The molecule has 1 heterocycles. The van der Waals surface area contributed by atoms with Crippen molar-refractivity contribution in [1.29, 1.82) is 0 Å². The van der Waals surface area contributed by atoms with Crippen molar-refractivity contribution < 1.29 is 24.0 Å². The lowest BCUT2D eigenvalue weighted by atomic mass is 9.80. The highest BCUT2D eigenvalue weighted by atomic mass is 32.2. The van der Waals surface area contributed by atoms with E-state index in [-0.39, 0.29) is 28.8 Å². The molecule has 30 heavy (non-hydrogen) atoms. The van der Waals surface area contributed by atoms with Crippen LogP contribution in [0, 0.1) is 10.1 Å². The number of nitro benzene ring substituents is 1. The number of dihydropyridines is 1. The third kappa shape index (κ3) is 5.19. The minimum Gasteiger partial charge on any atom is -0.466 e. The molecule has 0 bridgehead atoms. The first-order valence-electron chi connectivity index (χ1n) is 9.29. The standard InChI is InChI=1S/C20H25N3O6S/c1-5-29-20(25)18-15(10-30-12(3)21)22-11(2)16(19(24)28-4)17(18)13-7-6-8-14(9-13)23(26)27/h6-9,12,17,22H,5,10,21H2,1-4H3. The summed E-state index contributed by atoms with van der Waals surface area (Å²) in [6, 6.07) is 5.84. The summed E-state index contributed by atoms with van der Waals surface area (Å²) in [7, 11) is 1.24. The first kappa shape index (κ1) is 23.4. The van der Waals surface area contributed by atoms with Crippen LogP contribution in [-0.4, -0.2) is 41.7 Å². The molecule has 1 aromatic rings. The highest BCUT2D eigenvalue weighted by Crippen LogP contribution is 2.40. The van der Waals surface area contributed by atoms with Crippen LogP contribution in [0.3, 0.4) is 0 Å². The molecule has 0 aliphatic carbocycles. The first-order valence-corrected chi connectivity index (χ1v) is 10.3. The summed E-state index contributed by atoms with van der Waals surface area (Å²) < 4.78 is 10.2. The van der Waals surface area contributed by atoms with Crippen molar-refractivity contribution in [3.63, 3.8) is 0 Å². The number of methoxy groups -OCH3 is 1. The fourth-order valence-corrected chi connectivity index (χ4v) is 3.86. The lowest BCUT2D eigenvalue weighted by Gasteiger charge is -2.31. The Morgan fingerprint density at radius 1 is 1.33 bits per heavy atom. The van der Waals surface area contributed by atoms with Gasteiger partial charge >= 0.3 is 11.9 Å². The van der Waals surface area contributed by atoms with Gasteiger partial charge in [-0.3, -0.25) is 10.1 Å². The molecule has 3 N–H and O–H groups in total. The Morgan fingerprint density at radius 3 is 2.60 bits per heavy atom. The van der Waals surface area contributed by atoms with Gasteiger partial charge in [0.05, 0.1) is 35.7 Å². The van der Waals surface area contributed by atoms with E-state index in [1.54, 1.807) is 19.9 Å². The number of non-ortho nitro benzene ring substituents is 1. The van der Waals surface area contributed by atoms with Gasteiger partial charge in [-0.2, -0.15) is 0 Å². The first-order chi connectivity index (χ1) is 14.2. The second kappa shape index (κ2) is 10.3. The van der Waals surface area contributed by atoms with E-state index in [0.717, 1.165) is 0 Å². The number of hydrogen-bond donors (Lipinski definition) is 2. The largest absolute Gasteiger partial charge is 0.466 e. The predicted octanol–water partition coefficient (Wildman–Crippen LogP) is 2.58. The Balaban J connectivity index is 2.74. The van der Waals surface area contributed by atoms with Gasteiger partial charge in [0, 0.05) is 34.7 Å². The fraction of sp³-hybridized carbons (Fsp3) is 0.400. The number of carbonyl (C=O) groups is 2. The minimum absolute atomic E-state index is 0.133. The summed E-state index contributed by atoms with van der Waals surface area (Å²) in [6.07, 6.45) is 0. The maximum atomic E-state index is 12.9. The molecule has 2 rings (SSSR count). The van der Waals surface area contributed by atoms with E-state index in [1.165, 1.54) is 37.1 Å². The molecule has 9 nitrogen and oxygen atoms in total. The second-order valence-corrected chi connectivity index (χ2v) is 7.93. The molecule has 0 saturated carbocycles. The zero-order chi connectivity index (χ0) is 22.4. The van der Waals surface area contributed by atoms with Gasteiger partial charge < -0.3 is 20.5 Å². The summed E-state index contributed by atoms with van der Waals surface area (Å²) >= 11 is 1.40. The highest BCUT2D eigenvalue weighted by molar-refractivity contribution is 8.00. The van der Waals surface area contributed by atoms with Crippen molar-refractivity contribution in [2.75, 3.05) is 19.5 Å². The Kier molecular flexibility index (Phi) is 8.01. The molecular formula is C20H25N3O6S. The molecule has 0 aromatic heterocycles. The Labute approximate surface area is 178 Å². The molecule has 1 aliphatic rings. The fourth-order valence-electron chi connectivity index (χ4n) is 3.21. The molecule has 0 radical (unpaired) electrons. The average molecular weight is 436 g/mol. The topological polar surface area (TPSA) is 134 Å². The van der Waals surface area contributed by atoms with Gasteiger partial charge in [0.1, 0.15) is 0 Å². The third-order valence-corrected chi connectivity index (χ3v) is 5.43. The van der Waals surface area contributed by atoms with Gasteiger partial charge in [-0.05, 0) is 26.3 Å². The summed E-state index contributed by atoms with van der Waals surface area (Å²) in [5, 5.41) is 14.2. The van der Waals surface area contributed by atoms with E-state index >= 15 is 0 Å². The minimum atomic E-state index is -0.888. The SMILES string of the molecule is CCOC(=O)C1=C(CSC(C)N)NC(C)=C(C(=O)OC)C1c1cccc([N+](=O)[O-])c1. The lowest BCUT2D eigenvalue weighted by Crippen LogP contribution is -2.34. The molecule has 0 fully saturated rings. The zero-order valence-corrected chi connectivity index (χ0v) is 18.1. The molecule has 0 amide bonds. The number of thioether (sulfide) groups is 1. The molecule has 1 aliphatic heterocycles. The Morgan fingerprint density at radius 2 is 2.03 bits per heavy atom. The number of nitrogens with zero attached hydrogens (tertiary/aromatic N) is 1. The number of nitrogens with two attached hydrogens (primary N) is 1. The molecule has 162 valence electrons. The molecule has 0 spiro atoms. The number of hydrogen-bond acceptors (Lipinski definition) is 9. The van der Waals surface area contributed by atoms with Crippen LogP contribution >= 0.6 is 11.8 Å². The van der Waals surface area contributed by atoms with Crippen LogP contribution in [0.25, 0.3) is 0 Å². The number of ether oxygens (including phenoxy) is 2. The Hall–Kier alpha value is -2.85. The molecule has 2 atom stereocenters. The summed E-state index contributed by atoms with van der Waals surface area (Å²) in [5.74, 6) is -1.78. The van der Waals surface area contributed by atoms with E-state index in [2.05, 4.69) is 5.32 Å². The third-order valence-electron chi connectivity index (χ3n) is 4.45. The predicted molar refractivity (Wildman–Crippen MR) is 113 cm³/mol. The number of rotatable bonds is 8. The maximum absolute atomic E-state index is 12.9. The van der Waals surface area contributed by atoms with Gasteiger partial charge in [0.25, 0.3) is 5.69 Å². The quantitative estimate of drug-likeness (QED) is 0.273. The number of benzene rings is 1. The van der Waals surface area contributed by atoms with Crippen LogP contribution in [-0.2, 0) is 19.1 Å². The second-order valence-electron chi connectivity index (χ2n) is 6.57. The smallest absolute Gasteiger partial charge is 0.336 e. The van der Waals surface area contributed by atoms with Crippen molar-refractivity contribution in [1.82, 2.24) is 5.32 Å². The Bertz CT molecular complexity index is 910. The van der Waals surface area contributed by atoms with Gasteiger partial charge in [0.15, 0.2) is 0 Å². The van der Waals surface area contributed by atoms with Crippen LogP contribution in [0.2, 0.25) is 0 Å². The normalized spacial score (nSPS) is 17.3. The van der Waals surface area contributed by atoms with Crippen molar-refractivity contribution in [2.45, 2.75) is 32.1 Å². The summed E-state index contributed by atoms with van der Waals surface area (Å²) in [6.45, 7) is 5.32. The number of nitrogens with one attached hydrogen (secondary N) is 1. The van der Waals surface area contributed by atoms with Crippen LogP contribution in [0.5, 0.6) is 0 Å². The molecule has 1 aromatic carbocycles. The van der Waals surface area contributed by atoms with Crippen molar-refractivity contribution >= 4 is 29.4 Å². The summed E-state index contributed by atoms with van der Waals surface area (Å²) in [4.78, 5) is 36.3. The van der Waals surface area contributed by atoms with Crippen molar-refractivity contribution in [3.8, 4) is 0 Å². The molecule has 2 unspecified atom stereocenters. The van der Waals surface area contributed by atoms with E-state index in [1.807, 2.05) is 6.92 Å². The lowest BCUT2D eigenvalue weighted by molar-refractivity contribution is -0.384. The van der Waals surface area contributed by atoms with Gasteiger partial charge in [0.2, 0.25) is 0 Å². The maximum Gasteiger partial charge on any atom is 0.336 e. The van der Waals surface area contributed by atoms with Crippen LogP contribution < -0.4 is 11.1 Å². The van der Waals surface area contributed by atoms with Gasteiger partial charge in [-0.15, -0.1) is 11.8 Å². The van der Waals surface area contributed by atoms with Crippen LogP contribution in [0.4, 0.5) is 5.69 Å². The number of allylic oxidation sites excluding steroid dienone is 1. The molecular weight excluding hydrogens is 410 g/mol. The summed E-state index contributed by atoms with van der Waals surface area (Å²) in [5.41, 5.74) is 7.55. The average Bonchev–Trinajstić information content (AvgIpc) is 2.71. The monoisotopic (exact) mass is 435 g/mol. The molecule has 0 saturated heterocycles. The number of esters is 2. The zero-order valence-electron chi connectivity index (χ0n) is 17.3. The number of carbonyl (C=O) groups excluding carboxylic acids is 2. The van der Waals surface area contributed by atoms with Gasteiger partial charge in [-0.1, -0.05) is 12.1 Å². The highest BCUT2D eigenvalue weighted by Gasteiger charge is 2.39. The van der Waals surface area contributed by atoms with E-state index in [0.29, 0.717) is 22.7 Å². The molecule has 10 heteroatoms. The van der Waals surface area contributed by atoms with Crippen LogP contribution in [0.15, 0.2) is 46.8 Å². The van der Waals surface area contributed by atoms with Gasteiger partial charge in [-0.25, -0.2) is 9.59 Å². The van der Waals surface area contributed by atoms with Crippen molar-refractivity contribution in [2.24, 2.45) is 5.73 Å².